The second-order valence-electron chi connectivity index (χ2n) is 6.05. The molecule has 1 aromatic carbocycles. The highest BCUT2D eigenvalue weighted by molar-refractivity contribution is 7.88. The standard InChI is InChI=1S/C20H24O5S/c1-4-24-18(21)20(19(22)25-5-2)14-16(20)8-6-7-13-26(23)17-11-9-15(3)10-12-17/h6-13,16H,4-5,14H2,1-3H3/b8-6+,13-7-. The third-order valence-corrected chi connectivity index (χ3v) is 5.35. The Kier molecular flexibility index (Phi) is 6.91. The molecule has 2 rings (SSSR count). The first-order valence-electron chi connectivity index (χ1n) is 8.62. The average molecular weight is 376 g/mol. The zero-order valence-corrected chi connectivity index (χ0v) is 16.1. The summed E-state index contributed by atoms with van der Waals surface area (Å²) in [6.07, 6.45) is 5.50. The van der Waals surface area contributed by atoms with Gasteiger partial charge in [0, 0.05) is 16.2 Å². The second-order valence-corrected chi connectivity index (χ2v) is 7.39. The number of allylic oxidation sites excluding steroid dienone is 3. The summed E-state index contributed by atoms with van der Waals surface area (Å²) in [7, 11) is -1.24. The molecule has 1 aliphatic rings. The van der Waals surface area contributed by atoms with Crippen molar-refractivity contribution >= 4 is 22.7 Å². The van der Waals surface area contributed by atoms with Crippen LogP contribution in [0.15, 0.2) is 52.8 Å². The van der Waals surface area contributed by atoms with E-state index in [1.54, 1.807) is 37.5 Å². The third-order valence-electron chi connectivity index (χ3n) is 4.20. The van der Waals surface area contributed by atoms with Crippen LogP contribution in [0.2, 0.25) is 0 Å². The van der Waals surface area contributed by atoms with Crippen molar-refractivity contribution in [3.8, 4) is 0 Å². The van der Waals surface area contributed by atoms with E-state index in [9.17, 15) is 13.8 Å². The van der Waals surface area contributed by atoms with Crippen molar-refractivity contribution in [3.05, 3.63) is 53.5 Å². The van der Waals surface area contributed by atoms with Crippen molar-refractivity contribution in [1.82, 2.24) is 0 Å². The van der Waals surface area contributed by atoms with Crippen LogP contribution in [-0.4, -0.2) is 29.4 Å². The van der Waals surface area contributed by atoms with Gasteiger partial charge in [-0.15, -0.1) is 0 Å². The zero-order valence-electron chi connectivity index (χ0n) is 15.3. The third kappa shape index (κ3) is 4.49. The number of rotatable bonds is 8. The molecule has 6 heteroatoms. The van der Waals surface area contributed by atoms with E-state index < -0.39 is 28.2 Å². The van der Waals surface area contributed by atoms with Gasteiger partial charge in [0.2, 0.25) is 0 Å². The highest BCUT2D eigenvalue weighted by Gasteiger charge is 2.67. The molecule has 140 valence electrons. The van der Waals surface area contributed by atoms with Gasteiger partial charge in [0.1, 0.15) is 0 Å². The number of ether oxygens (including phenoxy) is 2. The summed E-state index contributed by atoms with van der Waals surface area (Å²) in [6.45, 7) is 5.80. The molecule has 0 aromatic heterocycles. The summed E-state index contributed by atoms with van der Waals surface area (Å²) in [5.74, 6) is -1.35. The van der Waals surface area contributed by atoms with Crippen LogP contribution in [0.4, 0.5) is 0 Å². The van der Waals surface area contributed by atoms with Crippen LogP contribution >= 0.6 is 0 Å². The molecule has 2 atom stereocenters. The highest BCUT2D eigenvalue weighted by Crippen LogP contribution is 2.55. The molecule has 0 heterocycles. The predicted octanol–water partition coefficient (Wildman–Crippen LogP) is 3.31. The minimum atomic E-state index is -1.24. The Morgan fingerprint density at radius 3 is 2.23 bits per heavy atom. The molecule has 0 bridgehead atoms. The maximum atomic E-state index is 12.2. The van der Waals surface area contributed by atoms with Crippen molar-refractivity contribution in [2.75, 3.05) is 13.2 Å². The van der Waals surface area contributed by atoms with Gasteiger partial charge in [-0.3, -0.25) is 9.59 Å². The Bertz CT molecular complexity index is 715. The Morgan fingerprint density at radius 1 is 1.12 bits per heavy atom. The van der Waals surface area contributed by atoms with Gasteiger partial charge in [-0.1, -0.05) is 35.9 Å². The quantitative estimate of drug-likeness (QED) is 0.395. The van der Waals surface area contributed by atoms with E-state index in [4.69, 9.17) is 9.47 Å². The van der Waals surface area contributed by atoms with Gasteiger partial charge in [0.05, 0.1) is 24.0 Å². The fourth-order valence-electron chi connectivity index (χ4n) is 2.66. The van der Waals surface area contributed by atoms with Crippen LogP contribution in [0.3, 0.4) is 0 Å². The van der Waals surface area contributed by atoms with Crippen LogP contribution in [-0.2, 0) is 29.9 Å². The molecule has 0 spiro atoms. The largest absolute Gasteiger partial charge is 0.465 e. The lowest BCUT2D eigenvalue weighted by Crippen LogP contribution is -2.31. The molecule has 0 radical (unpaired) electrons. The lowest BCUT2D eigenvalue weighted by atomic mass is 10.0. The first-order chi connectivity index (χ1) is 12.5. The minimum Gasteiger partial charge on any atom is -0.465 e. The van der Waals surface area contributed by atoms with Crippen molar-refractivity contribution in [2.45, 2.75) is 32.1 Å². The lowest BCUT2D eigenvalue weighted by Gasteiger charge is -2.13. The van der Waals surface area contributed by atoms with Gasteiger partial charge < -0.3 is 9.47 Å². The summed E-state index contributed by atoms with van der Waals surface area (Å²) in [4.78, 5) is 25.1. The fourth-order valence-corrected chi connectivity index (χ4v) is 3.45. The first kappa shape index (κ1) is 20.1. The molecule has 1 aromatic rings. The number of esters is 2. The van der Waals surface area contributed by atoms with Gasteiger partial charge in [0.25, 0.3) is 0 Å². The summed E-state index contributed by atoms with van der Waals surface area (Å²) < 4.78 is 22.2. The van der Waals surface area contributed by atoms with E-state index in [1.165, 1.54) is 0 Å². The number of hydrogen-bond acceptors (Lipinski definition) is 5. The maximum absolute atomic E-state index is 12.2. The van der Waals surface area contributed by atoms with Crippen molar-refractivity contribution in [2.24, 2.45) is 11.3 Å². The molecular weight excluding hydrogens is 352 g/mol. The lowest BCUT2D eigenvalue weighted by molar-refractivity contribution is -0.164. The van der Waals surface area contributed by atoms with Gasteiger partial charge >= 0.3 is 11.9 Å². The van der Waals surface area contributed by atoms with E-state index in [-0.39, 0.29) is 19.1 Å². The number of hydrogen-bond donors (Lipinski definition) is 0. The monoisotopic (exact) mass is 376 g/mol. The van der Waals surface area contributed by atoms with Crippen molar-refractivity contribution < 1.29 is 23.3 Å². The molecule has 1 fully saturated rings. The highest BCUT2D eigenvalue weighted by atomic mass is 32.2. The molecule has 0 N–H and O–H groups in total. The average Bonchev–Trinajstić information content (AvgIpc) is 3.35. The van der Waals surface area contributed by atoms with E-state index in [1.807, 2.05) is 31.2 Å². The van der Waals surface area contributed by atoms with Crippen LogP contribution in [0, 0.1) is 18.3 Å². The molecule has 26 heavy (non-hydrogen) atoms. The summed E-state index contributed by atoms with van der Waals surface area (Å²) >= 11 is 0. The molecule has 0 saturated heterocycles. The van der Waals surface area contributed by atoms with Gasteiger partial charge in [-0.05, 0) is 39.3 Å². The first-order valence-corrected chi connectivity index (χ1v) is 9.83. The van der Waals surface area contributed by atoms with Crippen molar-refractivity contribution in [1.29, 1.82) is 0 Å². The zero-order chi connectivity index (χ0) is 19.2. The number of aryl methyl sites for hydroxylation is 1. The predicted molar refractivity (Wildman–Crippen MR) is 99.7 cm³/mol. The normalized spacial score (nSPS) is 19.4. The topological polar surface area (TPSA) is 69.7 Å². The molecule has 2 unspecified atom stereocenters. The van der Waals surface area contributed by atoms with E-state index in [2.05, 4.69) is 0 Å². The van der Waals surface area contributed by atoms with Crippen LogP contribution in [0.1, 0.15) is 25.8 Å². The maximum Gasteiger partial charge on any atom is 0.324 e. The minimum absolute atomic E-state index is 0.214. The SMILES string of the molecule is CCOC(=O)C1(C(=O)OCC)CC1/C=C/C=C\S(=O)c1ccc(C)cc1. The summed E-state index contributed by atoms with van der Waals surface area (Å²) in [5.41, 5.74) is -0.121. The Labute approximate surface area is 156 Å². The smallest absolute Gasteiger partial charge is 0.324 e. The fraction of sp³-hybridized carbons (Fsp3) is 0.400. The Balaban J connectivity index is 2.00. The second kappa shape index (κ2) is 8.94. The molecule has 0 amide bonds. The Morgan fingerprint density at radius 2 is 1.69 bits per heavy atom. The molecule has 1 saturated carbocycles. The van der Waals surface area contributed by atoms with Gasteiger partial charge in [-0.25, -0.2) is 4.21 Å². The van der Waals surface area contributed by atoms with Crippen LogP contribution < -0.4 is 0 Å². The molecule has 0 aliphatic heterocycles. The number of carbonyl (C=O) groups is 2. The van der Waals surface area contributed by atoms with E-state index in [0.717, 1.165) is 10.5 Å². The van der Waals surface area contributed by atoms with E-state index >= 15 is 0 Å². The Hall–Kier alpha value is -2.21. The summed E-state index contributed by atoms with van der Waals surface area (Å²) in [5, 5.41) is 1.57. The van der Waals surface area contributed by atoms with Crippen LogP contribution in [0.5, 0.6) is 0 Å². The van der Waals surface area contributed by atoms with E-state index in [0.29, 0.717) is 6.42 Å². The number of carbonyl (C=O) groups excluding carboxylic acids is 2. The molecule has 5 nitrogen and oxygen atoms in total. The molecule has 1 aliphatic carbocycles. The van der Waals surface area contributed by atoms with Gasteiger partial charge in [0.15, 0.2) is 5.41 Å². The summed E-state index contributed by atoms with van der Waals surface area (Å²) in [6, 6.07) is 7.47. The van der Waals surface area contributed by atoms with Crippen LogP contribution in [0.25, 0.3) is 0 Å². The van der Waals surface area contributed by atoms with Crippen molar-refractivity contribution in [3.63, 3.8) is 0 Å². The van der Waals surface area contributed by atoms with Gasteiger partial charge in [-0.2, -0.15) is 0 Å². The molecular formula is C20H24O5S. The number of benzene rings is 1.